The van der Waals surface area contributed by atoms with Gasteiger partial charge in [0.25, 0.3) is 5.69 Å². The fourth-order valence-corrected chi connectivity index (χ4v) is 5.25. The fourth-order valence-electron chi connectivity index (χ4n) is 2.99. The van der Waals surface area contributed by atoms with E-state index in [0.29, 0.717) is 18.7 Å². The SMILES string of the molecule is Cc1cc([N+](=O)[O-])c(Cl)c(S(=O)(=O)N2CCNCC2c2cccnc2)c1.Cl. The normalized spacial score (nSPS) is 17.9. The van der Waals surface area contributed by atoms with Gasteiger partial charge in [-0.3, -0.25) is 15.1 Å². The number of nitrogens with one attached hydrogen (secondary N) is 1. The number of nitrogens with zero attached hydrogens (tertiary/aromatic N) is 3. The molecule has 1 N–H and O–H groups in total. The average molecular weight is 433 g/mol. The lowest BCUT2D eigenvalue weighted by Crippen LogP contribution is -2.48. The van der Waals surface area contributed by atoms with Crippen LogP contribution in [-0.2, 0) is 10.0 Å². The maximum absolute atomic E-state index is 13.3. The molecular weight excluding hydrogens is 415 g/mol. The number of rotatable bonds is 4. The van der Waals surface area contributed by atoms with E-state index < -0.39 is 26.7 Å². The first-order valence-corrected chi connectivity index (χ1v) is 9.71. The zero-order chi connectivity index (χ0) is 18.9. The predicted molar refractivity (Wildman–Crippen MR) is 104 cm³/mol. The second-order valence-corrected chi connectivity index (χ2v) is 8.21. The lowest BCUT2D eigenvalue weighted by atomic mass is 10.1. The second kappa shape index (κ2) is 8.49. The first kappa shape index (κ1) is 21.5. The van der Waals surface area contributed by atoms with Gasteiger partial charge in [-0.2, -0.15) is 4.31 Å². The van der Waals surface area contributed by atoms with Crippen molar-refractivity contribution in [1.82, 2.24) is 14.6 Å². The van der Waals surface area contributed by atoms with Gasteiger partial charge in [0, 0.05) is 38.1 Å². The van der Waals surface area contributed by atoms with Crippen LogP contribution in [0.1, 0.15) is 17.2 Å². The molecule has 1 aliphatic rings. The van der Waals surface area contributed by atoms with E-state index in [2.05, 4.69) is 10.3 Å². The van der Waals surface area contributed by atoms with Crippen molar-refractivity contribution in [3.8, 4) is 0 Å². The van der Waals surface area contributed by atoms with Crippen molar-refractivity contribution in [1.29, 1.82) is 0 Å². The molecule has 0 amide bonds. The van der Waals surface area contributed by atoms with E-state index in [4.69, 9.17) is 11.6 Å². The Morgan fingerprint density at radius 1 is 1.41 bits per heavy atom. The summed E-state index contributed by atoms with van der Waals surface area (Å²) in [6.07, 6.45) is 3.22. The lowest BCUT2D eigenvalue weighted by Gasteiger charge is -2.35. The third kappa shape index (κ3) is 4.22. The smallest absolute Gasteiger partial charge is 0.289 e. The van der Waals surface area contributed by atoms with Crippen molar-refractivity contribution < 1.29 is 13.3 Å². The Labute approximate surface area is 168 Å². The molecule has 146 valence electrons. The lowest BCUT2D eigenvalue weighted by molar-refractivity contribution is -0.385. The van der Waals surface area contributed by atoms with Crippen molar-refractivity contribution in [3.63, 3.8) is 0 Å². The van der Waals surface area contributed by atoms with Crippen molar-refractivity contribution >= 4 is 39.7 Å². The Bertz CT molecular complexity index is 941. The van der Waals surface area contributed by atoms with Gasteiger partial charge >= 0.3 is 0 Å². The van der Waals surface area contributed by atoms with Crippen molar-refractivity contribution in [2.45, 2.75) is 17.9 Å². The van der Waals surface area contributed by atoms with Gasteiger partial charge in [0.05, 0.1) is 11.0 Å². The molecule has 2 aromatic rings. The number of aryl methyl sites for hydroxylation is 1. The quantitative estimate of drug-likeness (QED) is 0.587. The molecule has 1 saturated heterocycles. The Kier molecular flexibility index (Phi) is 6.77. The standard InChI is InChI=1S/C16H17ClN4O4S.ClH/c1-11-7-13(21(22)23)16(17)15(8-11)26(24,25)20-6-5-19-10-14(20)12-3-2-4-18-9-12;/h2-4,7-9,14,19H,5-6,10H2,1H3;1H. The van der Waals surface area contributed by atoms with Crippen LogP contribution in [0, 0.1) is 17.0 Å². The highest BCUT2D eigenvalue weighted by atomic mass is 35.5. The number of pyridine rings is 1. The molecule has 1 aromatic heterocycles. The molecule has 1 aliphatic heterocycles. The summed E-state index contributed by atoms with van der Waals surface area (Å²) in [6, 6.07) is 5.69. The van der Waals surface area contributed by atoms with Gasteiger partial charge < -0.3 is 5.32 Å². The Morgan fingerprint density at radius 2 is 2.15 bits per heavy atom. The monoisotopic (exact) mass is 432 g/mol. The van der Waals surface area contributed by atoms with E-state index in [-0.39, 0.29) is 28.9 Å². The molecule has 11 heteroatoms. The number of hydrogen-bond acceptors (Lipinski definition) is 6. The van der Waals surface area contributed by atoms with Gasteiger partial charge in [0.2, 0.25) is 10.0 Å². The van der Waals surface area contributed by atoms with E-state index >= 15 is 0 Å². The van der Waals surface area contributed by atoms with Crippen LogP contribution >= 0.6 is 24.0 Å². The number of aromatic nitrogens is 1. The molecule has 27 heavy (non-hydrogen) atoms. The average Bonchev–Trinajstić information content (AvgIpc) is 2.63. The van der Waals surface area contributed by atoms with E-state index in [1.54, 1.807) is 31.5 Å². The summed E-state index contributed by atoms with van der Waals surface area (Å²) in [7, 11) is -4.04. The molecule has 0 bridgehead atoms. The van der Waals surface area contributed by atoms with Crippen molar-refractivity contribution in [2.75, 3.05) is 19.6 Å². The number of nitro benzene ring substituents is 1. The number of hydrogen-bond donors (Lipinski definition) is 1. The zero-order valence-corrected chi connectivity index (χ0v) is 16.7. The Hall–Kier alpha value is -1.78. The molecule has 1 atom stereocenters. The van der Waals surface area contributed by atoms with E-state index in [1.165, 1.54) is 16.4 Å². The summed E-state index contributed by atoms with van der Waals surface area (Å²) < 4.78 is 27.9. The first-order valence-electron chi connectivity index (χ1n) is 7.89. The zero-order valence-electron chi connectivity index (χ0n) is 14.3. The van der Waals surface area contributed by atoms with E-state index in [0.717, 1.165) is 5.56 Å². The highest BCUT2D eigenvalue weighted by Crippen LogP contribution is 2.37. The summed E-state index contributed by atoms with van der Waals surface area (Å²) in [4.78, 5) is 14.3. The van der Waals surface area contributed by atoms with Gasteiger partial charge in [-0.25, -0.2) is 8.42 Å². The first-order chi connectivity index (χ1) is 12.3. The maximum Gasteiger partial charge on any atom is 0.289 e. The number of sulfonamides is 1. The summed E-state index contributed by atoms with van der Waals surface area (Å²) in [6.45, 7) is 2.71. The summed E-state index contributed by atoms with van der Waals surface area (Å²) in [5.41, 5.74) is 0.771. The van der Waals surface area contributed by atoms with Gasteiger partial charge in [0.15, 0.2) is 0 Å². The van der Waals surface area contributed by atoms with Crippen LogP contribution in [0.2, 0.25) is 5.02 Å². The minimum absolute atomic E-state index is 0. The molecule has 0 aliphatic carbocycles. The van der Waals surface area contributed by atoms with Crippen LogP contribution in [-0.4, -0.2) is 42.3 Å². The third-order valence-corrected chi connectivity index (χ3v) is 6.65. The van der Waals surface area contributed by atoms with E-state index in [9.17, 15) is 18.5 Å². The maximum atomic E-state index is 13.3. The molecule has 3 rings (SSSR count). The number of nitro groups is 1. The largest absolute Gasteiger partial charge is 0.313 e. The molecule has 2 heterocycles. The van der Waals surface area contributed by atoms with Crippen LogP contribution in [0.25, 0.3) is 0 Å². The van der Waals surface area contributed by atoms with Crippen LogP contribution in [0.5, 0.6) is 0 Å². The third-order valence-electron chi connectivity index (χ3n) is 4.21. The molecule has 1 unspecified atom stereocenters. The van der Waals surface area contributed by atoms with Gasteiger partial charge in [-0.05, 0) is 30.2 Å². The van der Waals surface area contributed by atoms with Crippen LogP contribution in [0.3, 0.4) is 0 Å². The number of halogens is 2. The van der Waals surface area contributed by atoms with Crippen molar-refractivity contribution in [2.24, 2.45) is 0 Å². The highest BCUT2D eigenvalue weighted by Gasteiger charge is 2.37. The Morgan fingerprint density at radius 3 is 2.78 bits per heavy atom. The molecule has 1 fully saturated rings. The van der Waals surface area contributed by atoms with Crippen LogP contribution < -0.4 is 5.32 Å². The molecule has 0 spiro atoms. The fraction of sp³-hybridized carbons (Fsp3) is 0.312. The minimum Gasteiger partial charge on any atom is -0.313 e. The summed E-state index contributed by atoms with van der Waals surface area (Å²) >= 11 is 6.10. The molecular formula is C16H18Cl2N4O4S. The van der Waals surface area contributed by atoms with Gasteiger partial charge in [0.1, 0.15) is 9.92 Å². The summed E-state index contributed by atoms with van der Waals surface area (Å²) in [5.74, 6) is 0. The van der Waals surface area contributed by atoms with Gasteiger partial charge in [-0.1, -0.05) is 17.7 Å². The minimum atomic E-state index is -4.04. The molecule has 0 radical (unpaired) electrons. The second-order valence-electron chi connectivity index (χ2n) is 5.98. The number of piperazine rings is 1. The van der Waals surface area contributed by atoms with Gasteiger partial charge in [-0.15, -0.1) is 12.4 Å². The molecule has 1 aromatic carbocycles. The highest BCUT2D eigenvalue weighted by molar-refractivity contribution is 7.89. The van der Waals surface area contributed by atoms with Crippen LogP contribution in [0.4, 0.5) is 5.69 Å². The Balaban J connectivity index is 0.00000261. The molecule has 8 nitrogen and oxygen atoms in total. The molecule has 0 saturated carbocycles. The van der Waals surface area contributed by atoms with E-state index in [1.807, 2.05) is 0 Å². The topological polar surface area (TPSA) is 105 Å². The van der Waals surface area contributed by atoms with Crippen molar-refractivity contribution in [3.05, 3.63) is 62.9 Å². The summed E-state index contributed by atoms with van der Waals surface area (Å²) in [5, 5.41) is 14.0. The van der Waals surface area contributed by atoms with Crippen LogP contribution in [0.15, 0.2) is 41.6 Å². The predicted octanol–water partition coefficient (Wildman–Crippen LogP) is 2.71. The number of benzene rings is 1.